The number of rotatable bonds is 12. The number of ether oxygens (including phenoxy) is 1. The zero-order chi connectivity index (χ0) is 30.8. The molecule has 222 valence electrons. The number of carbonyl (C=O) groups is 3. The van der Waals surface area contributed by atoms with Gasteiger partial charge in [-0.25, -0.2) is 8.42 Å². The smallest absolute Gasteiger partial charge is 0.308 e. The molecular weight excluding hydrogens is 586 g/mol. The van der Waals surface area contributed by atoms with Crippen molar-refractivity contribution in [3.63, 3.8) is 0 Å². The Balaban J connectivity index is 1.71. The normalized spacial score (nSPS) is 12.8. The minimum Gasteiger partial charge on any atom is -0.426 e. The summed E-state index contributed by atoms with van der Waals surface area (Å²) in [4.78, 5) is 36.0. The molecule has 0 aliphatic rings. The summed E-state index contributed by atoms with van der Waals surface area (Å²) in [5, 5.41) is 8.55. The number of benzene rings is 4. The van der Waals surface area contributed by atoms with Crippen LogP contribution in [0.1, 0.15) is 20.3 Å². The number of sulfonamides is 1. The van der Waals surface area contributed by atoms with E-state index in [1.807, 2.05) is 24.3 Å². The monoisotopic (exact) mass is 615 g/mol. The molecule has 14 heteroatoms. The average Bonchev–Trinajstić information content (AvgIpc) is 2.90. The quantitative estimate of drug-likeness (QED) is 0.0463. The molecule has 4 rings (SSSR count). The summed E-state index contributed by atoms with van der Waals surface area (Å²) in [5.41, 5.74) is 0.297. The molecule has 0 bridgehead atoms. The SMILES string of the molecule is C=C(C)C(=O)NCCCNC(=O)C(CS(=O)(=O)O)NS(=O)(=O)c1cc(OC(C)=O)c2ccc3cccc4ccc1c2c34. The lowest BCUT2D eigenvalue weighted by molar-refractivity contribution is -0.131. The maximum Gasteiger partial charge on any atom is 0.308 e. The summed E-state index contributed by atoms with van der Waals surface area (Å²) in [5.74, 6) is -3.36. The highest BCUT2D eigenvalue weighted by Crippen LogP contribution is 2.41. The van der Waals surface area contributed by atoms with Gasteiger partial charge in [0.1, 0.15) is 17.5 Å². The lowest BCUT2D eigenvalue weighted by Crippen LogP contribution is -2.50. The second-order valence-corrected chi connectivity index (χ2v) is 12.9. The molecule has 1 atom stereocenters. The van der Waals surface area contributed by atoms with Crippen LogP contribution in [0, 0.1) is 0 Å². The summed E-state index contributed by atoms with van der Waals surface area (Å²) in [6.07, 6.45) is 0.247. The maximum absolute atomic E-state index is 13.8. The van der Waals surface area contributed by atoms with Crippen molar-refractivity contribution < 1.29 is 40.5 Å². The number of carbonyl (C=O) groups excluding carboxylic acids is 3. The Hall–Kier alpha value is -4.11. The Labute approximate surface area is 242 Å². The Morgan fingerprint density at radius 2 is 1.52 bits per heavy atom. The highest BCUT2D eigenvalue weighted by Gasteiger charge is 2.32. The molecule has 0 aliphatic carbocycles. The third kappa shape index (κ3) is 6.85. The highest BCUT2D eigenvalue weighted by atomic mass is 32.2. The van der Waals surface area contributed by atoms with Crippen molar-refractivity contribution >= 4 is 70.2 Å². The molecule has 0 radical (unpaired) electrons. The molecule has 4 aromatic rings. The lowest BCUT2D eigenvalue weighted by Gasteiger charge is -2.20. The second-order valence-electron chi connectivity index (χ2n) is 9.75. The molecule has 1 unspecified atom stereocenters. The minimum absolute atomic E-state index is 0.0334. The van der Waals surface area contributed by atoms with Gasteiger partial charge in [0, 0.05) is 47.8 Å². The average molecular weight is 616 g/mol. The molecular formula is C28H29N3O9S2. The van der Waals surface area contributed by atoms with Crippen LogP contribution >= 0.6 is 0 Å². The fourth-order valence-electron chi connectivity index (χ4n) is 4.63. The van der Waals surface area contributed by atoms with Crippen molar-refractivity contribution in [2.24, 2.45) is 0 Å². The number of amides is 2. The molecule has 2 amide bonds. The van der Waals surface area contributed by atoms with E-state index in [0.29, 0.717) is 16.3 Å². The third-order valence-corrected chi connectivity index (χ3v) is 8.70. The van der Waals surface area contributed by atoms with Gasteiger partial charge in [0.15, 0.2) is 0 Å². The fourth-order valence-corrected chi connectivity index (χ4v) is 6.81. The first-order valence-electron chi connectivity index (χ1n) is 12.8. The molecule has 4 N–H and O–H groups in total. The standard InChI is InChI=1S/C28H29N3O9S2/c1-16(2)27(33)29-12-5-13-30-28(34)22(15-41(35,36)37)31-42(38,39)24-14-23(40-17(3)32)20-10-8-18-6-4-7-19-9-11-21(24)26(20)25(18)19/h4,6-11,14,22,31H,1,5,12-13,15H2,2-3H3,(H,29,33)(H,30,34)(H,35,36,37). The predicted molar refractivity (Wildman–Crippen MR) is 157 cm³/mol. The molecule has 42 heavy (non-hydrogen) atoms. The van der Waals surface area contributed by atoms with Crippen molar-refractivity contribution in [3.8, 4) is 5.75 Å². The van der Waals surface area contributed by atoms with E-state index in [1.165, 1.54) is 13.8 Å². The second kappa shape index (κ2) is 12.0. The van der Waals surface area contributed by atoms with E-state index in [-0.39, 0.29) is 41.4 Å². The molecule has 0 fully saturated rings. The van der Waals surface area contributed by atoms with Crippen LogP contribution in [0.4, 0.5) is 0 Å². The van der Waals surface area contributed by atoms with Crippen molar-refractivity contribution in [3.05, 3.63) is 60.7 Å². The topological polar surface area (TPSA) is 185 Å². The largest absolute Gasteiger partial charge is 0.426 e. The van der Waals surface area contributed by atoms with Crippen molar-refractivity contribution in [2.75, 3.05) is 18.8 Å². The summed E-state index contributed by atoms with van der Waals surface area (Å²) < 4.78 is 67.9. The van der Waals surface area contributed by atoms with Crippen LogP contribution in [-0.4, -0.2) is 64.1 Å². The Morgan fingerprint density at radius 3 is 2.12 bits per heavy atom. The first-order chi connectivity index (χ1) is 19.7. The Kier molecular flexibility index (Phi) is 8.82. The molecule has 0 heterocycles. The molecule has 0 aromatic heterocycles. The van der Waals surface area contributed by atoms with Crippen molar-refractivity contribution in [1.82, 2.24) is 15.4 Å². The van der Waals surface area contributed by atoms with Crippen LogP contribution in [0.15, 0.2) is 65.6 Å². The highest BCUT2D eigenvalue weighted by molar-refractivity contribution is 7.90. The van der Waals surface area contributed by atoms with Crippen LogP contribution in [-0.2, 0) is 34.5 Å². The summed E-state index contributed by atoms with van der Waals surface area (Å²) >= 11 is 0. The number of esters is 1. The maximum atomic E-state index is 13.8. The van der Waals surface area contributed by atoms with Gasteiger partial charge in [-0.15, -0.1) is 0 Å². The van der Waals surface area contributed by atoms with Gasteiger partial charge in [0.25, 0.3) is 10.1 Å². The van der Waals surface area contributed by atoms with Gasteiger partial charge in [0.05, 0.1) is 4.90 Å². The van der Waals surface area contributed by atoms with E-state index < -0.39 is 43.8 Å². The van der Waals surface area contributed by atoms with Crippen LogP contribution in [0.5, 0.6) is 5.75 Å². The van der Waals surface area contributed by atoms with E-state index in [2.05, 4.69) is 21.9 Å². The van der Waals surface area contributed by atoms with Gasteiger partial charge < -0.3 is 15.4 Å². The number of nitrogens with one attached hydrogen (secondary N) is 3. The summed E-state index contributed by atoms with van der Waals surface area (Å²) in [6.45, 7) is 6.34. The van der Waals surface area contributed by atoms with Gasteiger partial charge >= 0.3 is 5.97 Å². The molecule has 0 saturated heterocycles. The van der Waals surface area contributed by atoms with Crippen molar-refractivity contribution in [1.29, 1.82) is 0 Å². The fraction of sp³-hybridized carbons (Fsp3) is 0.250. The van der Waals surface area contributed by atoms with Crippen LogP contribution < -0.4 is 20.1 Å². The van der Waals surface area contributed by atoms with E-state index >= 15 is 0 Å². The summed E-state index contributed by atoms with van der Waals surface area (Å²) in [6, 6.07) is 11.6. The Morgan fingerprint density at radius 1 is 0.905 bits per heavy atom. The van der Waals surface area contributed by atoms with Crippen LogP contribution in [0.25, 0.3) is 32.3 Å². The van der Waals surface area contributed by atoms with E-state index in [4.69, 9.17) is 4.74 Å². The zero-order valence-corrected chi connectivity index (χ0v) is 24.4. The van der Waals surface area contributed by atoms with Gasteiger partial charge in [-0.05, 0) is 35.6 Å². The van der Waals surface area contributed by atoms with Crippen molar-refractivity contribution in [2.45, 2.75) is 31.2 Å². The molecule has 0 saturated carbocycles. The zero-order valence-electron chi connectivity index (χ0n) is 22.8. The van der Waals surface area contributed by atoms with E-state index in [1.54, 1.807) is 18.2 Å². The van der Waals surface area contributed by atoms with Gasteiger partial charge in [0.2, 0.25) is 21.8 Å². The number of hydrogen-bond acceptors (Lipinski definition) is 8. The van der Waals surface area contributed by atoms with Gasteiger partial charge in [-0.1, -0.05) is 43.0 Å². The van der Waals surface area contributed by atoms with Gasteiger partial charge in [-0.2, -0.15) is 13.1 Å². The Bertz CT molecular complexity index is 1920. The first kappa shape index (κ1) is 30.8. The third-order valence-electron chi connectivity index (χ3n) is 6.43. The van der Waals surface area contributed by atoms with E-state index in [0.717, 1.165) is 22.2 Å². The van der Waals surface area contributed by atoms with Gasteiger partial charge in [-0.3, -0.25) is 18.9 Å². The molecule has 12 nitrogen and oxygen atoms in total. The van der Waals surface area contributed by atoms with E-state index in [9.17, 15) is 35.8 Å². The summed E-state index contributed by atoms with van der Waals surface area (Å²) in [7, 11) is -9.47. The minimum atomic E-state index is -4.81. The van der Waals surface area contributed by atoms with Crippen LogP contribution in [0.2, 0.25) is 0 Å². The predicted octanol–water partition coefficient (Wildman–Crippen LogP) is 2.24. The lowest BCUT2D eigenvalue weighted by atomic mass is 9.94. The molecule has 0 aliphatic heterocycles. The number of hydrogen-bond donors (Lipinski definition) is 4. The molecule has 0 spiro atoms. The van der Waals surface area contributed by atoms with Crippen LogP contribution in [0.3, 0.4) is 0 Å². The molecule has 4 aromatic carbocycles. The first-order valence-corrected chi connectivity index (χ1v) is 15.8.